The van der Waals surface area contributed by atoms with E-state index in [4.69, 9.17) is 4.74 Å². The number of β-amino-alcohol motifs (C(OH)–C–C–N with tert-alkyl or cyclic N) is 1. The first kappa shape index (κ1) is 17.5. The van der Waals surface area contributed by atoms with E-state index in [1.165, 1.54) is 5.57 Å². The van der Waals surface area contributed by atoms with Gasteiger partial charge in [-0.2, -0.15) is 0 Å². The Kier molecular flexibility index (Phi) is 4.03. The lowest BCUT2D eigenvalue weighted by Crippen LogP contribution is -2.66. The fourth-order valence-corrected chi connectivity index (χ4v) is 5.52. The van der Waals surface area contributed by atoms with Gasteiger partial charge in [0.1, 0.15) is 5.60 Å². The van der Waals surface area contributed by atoms with Crippen molar-refractivity contribution in [1.29, 1.82) is 0 Å². The molecular weight excluding hydrogens is 320 g/mol. The average Bonchev–Trinajstić information content (AvgIpc) is 2.76. The number of ether oxygens (including phenoxy) is 1. The number of carbonyl (C=O) groups is 1. The minimum Gasteiger partial charge on any atom is -0.452 e. The molecule has 0 aromatic rings. The zero-order valence-corrected chi connectivity index (χ0v) is 15.3. The van der Waals surface area contributed by atoms with Crippen molar-refractivity contribution in [2.75, 3.05) is 32.7 Å². The molecule has 4 atom stereocenters. The van der Waals surface area contributed by atoms with Gasteiger partial charge in [-0.1, -0.05) is 12.5 Å². The predicted molar refractivity (Wildman–Crippen MR) is 93.0 cm³/mol. The molecular formula is C19H30N2O4. The van der Waals surface area contributed by atoms with Gasteiger partial charge in [0.05, 0.1) is 0 Å². The Labute approximate surface area is 149 Å². The highest BCUT2D eigenvalue weighted by molar-refractivity contribution is 5.85. The highest BCUT2D eigenvalue weighted by Crippen LogP contribution is 2.58. The first-order valence-electron chi connectivity index (χ1n) is 9.59. The van der Waals surface area contributed by atoms with Crippen LogP contribution >= 0.6 is 0 Å². The molecule has 0 spiro atoms. The lowest BCUT2D eigenvalue weighted by atomic mass is 9.57. The van der Waals surface area contributed by atoms with E-state index in [9.17, 15) is 15.0 Å². The zero-order chi connectivity index (χ0) is 17.9. The van der Waals surface area contributed by atoms with Gasteiger partial charge in [-0.15, -0.1) is 0 Å². The molecule has 6 nitrogen and oxygen atoms in total. The first-order chi connectivity index (χ1) is 11.8. The van der Waals surface area contributed by atoms with E-state index in [1.807, 2.05) is 4.90 Å². The maximum atomic E-state index is 12.7. The van der Waals surface area contributed by atoms with Crippen LogP contribution in [0.2, 0.25) is 0 Å². The van der Waals surface area contributed by atoms with Crippen molar-refractivity contribution in [1.82, 2.24) is 10.2 Å². The maximum absolute atomic E-state index is 12.7. The Balaban J connectivity index is 1.69. The van der Waals surface area contributed by atoms with E-state index in [1.54, 1.807) is 0 Å². The molecule has 2 aliphatic heterocycles. The summed E-state index contributed by atoms with van der Waals surface area (Å²) >= 11 is 0. The van der Waals surface area contributed by atoms with Crippen LogP contribution in [0.1, 0.15) is 46.0 Å². The number of carbonyl (C=O) groups excluding carboxylic acids is 1. The molecule has 1 saturated carbocycles. The number of piperazine rings is 1. The summed E-state index contributed by atoms with van der Waals surface area (Å²) in [5.41, 5.74) is -1.11. The highest BCUT2D eigenvalue weighted by Gasteiger charge is 2.71. The number of nitrogens with one attached hydrogen (secondary N) is 1. The van der Waals surface area contributed by atoms with E-state index in [2.05, 4.69) is 19.2 Å². The van der Waals surface area contributed by atoms with E-state index in [-0.39, 0.29) is 12.0 Å². The molecule has 0 aromatic heterocycles. The Hall–Kier alpha value is -0.950. The van der Waals surface area contributed by atoms with Gasteiger partial charge >= 0.3 is 5.97 Å². The van der Waals surface area contributed by atoms with Crippen LogP contribution in [0.4, 0.5) is 0 Å². The van der Waals surface area contributed by atoms with Crippen molar-refractivity contribution in [2.24, 2.45) is 5.41 Å². The maximum Gasteiger partial charge on any atom is 0.343 e. The third-order valence-corrected chi connectivity index (χ3v) is 7.09. The van der Waals surface area contributed by atoms with Crippen LogP contribution in [-0.2, 0) is 9.53 Å². The molecule has 2 heterocycles. The van der Waals surface area contributed by atoms with Crippen molar-refractivity contribution < 1.29 is 19.7 Å². The summed E-state index contributed by atoms with van der Waals surface area (Å²) in [7, 11) is 0. The Bertz CT molecular complexity index is 615. The van der Waals surface area contributed by atoms with Crippen LogP contribution in [0.15, 0.2) is 11.1 Å². The Morgan fingerprint density at radius 3 is 2.68 bits per heavy atom. The molecule has 3 fully saturated rings. The molecule has 0 radical (unpaired) electrons. The largest absolute Gasteiger partial charge is 0.452 e. The molecule has 0 bridgehead atoms. The number of allylic oxidation sites excluding steroid dienone is 1. The smallest absolute Gasteiger partial charge is 0.343 e. The summed E-state index contributed by atoms with van der Waals surface area (Å²) in [5, 5.41) is 26.1. The summed E-state index contributed by atoms with van der Waals surface area (Å²) in [4.78, 5) is 14.8. The first-order valence-corrected chi connectivity index (χ1v) is 9.59. The quantitative estimate of drug-likeness (QED) is 0.499. The highest BCUT2D eigenvalue weighted by atomic mass is 16.6. The van der Waals surface area contributed by atoms with E-state index in [0.717, 1.165) is 57.4 Å². The van der Waals surface area contributed by atoms with Crippen LogP contribution < -0.4 is 5.32 Å². The third kappa shape index (κ3) is 2.41. The van der Waals surface area contributed by atoms with Crippen molar-refractivity contribution in [3.8, 4) is 0 Å². The second-order valence-electron chi connectivity index (χ2n) is 8.70. The fourth-order valence-electron chi connectivity index (χ4n) is 5.52. The monoisotopic (exact) mass is 350 g/mol. The van der Waals surface area contributed by atoms with Gasteiger partial charge in [0.25, 0.3) is 0 Å². The molecule has 4 unspecified atom stereocenters. The second kappa shape index (κ2) is 5.78. The number of hydrogen-bond donors (Lipinski definition) is 3. The van der Waals surface area contributed by atoms with Gasteiger partial charge in [-0.3, -0.25) is 4.90 Å². The van der Waals surface area contributed by atoms with Crippen molar-refractivity contribution in [3.05, 3.63) is 11.1 Å². The van der Waals surface area contributed by atoms with E-state index < -0.39 is 23.3 Å². The topological polar surface area (TPSA) is 82.0 Å². The minimum absolute atomic E-state index is 0.0280. The molecule has 140 valence electrons. The molecule has 3 N–H and O–H groups in total. The summed E-state index contributed by atoms with van der Waals surface area (Å²) in [5.74, 6) is -0.659. The molecule has 4 aliphatic rings. The Morgan fingerprint density at radius 1 is 1.24 bits per heavy atom. The van der Waals surface area contributed by atoms with Crippen LogP contribution in [0, 0.1) is 5.41 Å². The molecule has 4 rings (SSSR count). The molecule has 0 amide bonds. The second-order valence-corrected chi connectivity index (χ2v) is 8.70. The fraction of sp³-hybridized carbons (Fsp3) is 0.842. The van der Waals surface area contributed by atoms with E-state index in [0.29, 0.717) is 6.42 Å². The number of esters is 1. The summed E-state index contributed by atoms with van der Waals surface area (Å²) in [6.07, 6.45) is 3.65. The standard InChI is InChI=1S/C19H30N2O4/c1-13-4-3-5-17(2)6-7-18(23)15(14(13)17)25-16(22)19(18,24)12-21-10-8-20-9-11-21/h15,20,23-24H,3-12H2,1-2H3. The van der Waals surface area contributed by atoms with E-state index >= 15 is 0 Å². The summed E-state index contributed by atoms with van der Waals surface area (Å²) < 4.78 is 5.69. The molecule has 0 aromatic carbocycles. The van der Waals surface area contributed by atoms with Crippen LogP contribution in [0.25, 0.3) is 0 Å². The molecule has 2 aliphatic carbocycles. The summed E-state index contributed by atoms with van der Waals surface area (Å²) in [6.45, 7) is 7.62. The van der Waals surface area contributed by atoms with Gasteiger partial charge in [-0.05, 0) is 50.0 Å². The van der Waals surface area contributed by atoms with Gasteiger partial charge in [0.2, 0.25) is 5.60 Å². The molecule has 2 saturated heterocycles. The number of fused-ring (bicyclic) bond motifs is 3. The summed E-state index contributed by atoms with van der Waals surface area (Å²) in [6, 6.07) is 0. The van der Waals surface area contributed by atoms with Crippen molar-refractivity contribution >= 4 is 5.97 Å². The normalized spacial score (nSPS) is 45.1. The Morgan fingerprint density at radius 2 is 1.96 bits per heavy atom. The lowest BCUT2D eigenvalue weighted by Gasteiger charge is -2.51. The average molecular weight is 350 g/mol. The number of rotatable bonds is 2. The van der Waals surface area contributed by atoms with Gasteiger partial charge in [0, 0.05) is 32.7 Å². The predicted octanol–water partition coefficient (Wildman–Crippen LogP) is 0.580. The molecule has 25 heavy (non-hydrogen) atoms. The van der Waals surface area contributed by atoms with Crippen LogP contribution in [0.3, 0.4) is 0 Å². The van der Waals surface area contributed by atoms with Crippen LogP contribution in [-0.4, -0.2) is 71.1 Å². The number of hydrogen-bond acceptors (Lipinski definition) is 6. The van der Waals surface area contributed by atoms with Crippen molar-refractivity contribution in [2.45, 2.75) is 63.3 Å². The van der Waals surface area contributed by atoms with Crippen LogP contribution in [0.5, 0.6) is 0 Å². The van der Waals surface area contributed by atoms with Gasteiger partial charge in [0.15, 0.2) is 6.10 Å². The third-order valence-electron chi connectivity index (χ3n) is 7.09. The minimum atomic E-state index is -1.85. The molecule has 6 heteroatoms. The van der Waals surface area contributed by atoms with Gasteiger partial charge < -0.3 is 20.3 Å². The lowest BCUT2D eigenvalue weighted by molar-refractivity contribution is -0.173. The zero-order valence-electron chi connectivity index (χ0n) is 15.3. The number of aliphatic hydroxyl groups is 2. The van der Waals surface area contributed by atoms with Crippen molar-refractivity contribution in [3.63, 3.8) is 0 Å². The number of nitrogens with zero attached hydrogens (tertiary/aromatic N) is 1. The SMILES string of the molecule is CC1=C2C3OC(=O)C(O)(CN4CCNCC4)C3(O)CCC2(C)CCC1. The van der Waals surface area contributed by atoms with Gasteiger partial charge in [-0.25, -0.2) is 4.79 Å².